The number of rotatable bonds is 32. The van der Waals surface area contributed by atoms with Crippen molar-refractivity contribution in [1.82, 2.24) is 52.1 Å². The number of carbonyl (C=O) groups excluding carboxylic acids is 10. The minimum absolute atomic E-state index is 0.0274. The highest BCUT2D eigenvalue weighted by molar-refractivity contribution is 6.00. The molecule has 0 spiro atoms. The molecular weight excluding hydrogens is 1000 g/mol. The SMILES string of the molecule is CC(C)[C@H](NC(=O)[C@@H]1CCCN1C(=O)[C@H](Cc1cnc[nH]1)NC(=O)[C@H](CC(N)=O)NC(=O)[C@H](CC(=O)O)NC(=O)[C@H](CC(N)=O)NC(=O)[C@@H](N)[C@@H](C)O)C(=O)N[C@@H](Cc1ccccc1)C(=O)N[C@@H](CCCCN)C(=O)O. The number of imidazole rings is 1. The van der Waals surface area contributed by atoms with Gasteiger partial charge in [0.05, 0.1) is 31.7 Å². The summed E-state index contributed by atoms with van der Waals surface area (Å²) in [6.07, 6.45) is -0.778. The molecule has 10 amide bonds. The third-order valence-corrected chi connectivity index (χ3v) is 12.1. The summed E-state index contributed by atoms with van der Waals surface area (Å²) in [5, 5.41) is 45.8. The van der Waals surface area contributed by atoms with Crippen molar-refractivity contribution >= 4 is 71.0 Å². The van der Waals surface area contributed by atoms with Crippen LogP contribution in [-0.4, -0.2) is 175 Å². The average Bonchev–Trinajstić information content (AvgIpc) is 4.07. The van der Waals surface area contributed by atoms with E-state index in [1.165, 1.54) is 12.5 Å². The lowest BCUT2D eigenvalue weighted by atomic mass is 10.00. The Kier molecular flexibility index (Phi) is 24.9. The fourth-order valence-corrected chi connectivity index (χ4v) is 7.96. The smallest absolute Gasteiger partial charge is 0.326 e. The summed E-state index contributed by atoms with van der Waals surface area (Å²) in [5.41, 5.74) is 22.8. The summed E-state index contributed by atoms with van der Waals surface area (Å²) >= 11 is 0. The number of unbranched alkanes of at least 4 members (excludes halogenated alkanes) is 1. The number of nitrogens with one attached hydrogen (secondary N) is 8. The highest BCUT2D eigenvalue weighted by Crippen LogP contribution is 2.21. The van der Waals surface area contributed by atoms with E-state index in [0.29, 0.717) is 30.6 Å². The third kappa shape index (κ3) is 20.0. The molecule has 0 bridgehead atoms. The first-order chi connectivity index (χ1) is 35.8. The molecule has 2 heterocycles. The van der Waals surface area contributed by atoms with Gasteiger partial charge in [-0.2, -0.15) is 0 Å². The van der Waals surface area contributed by atoms with Crippen LogP contribution >= 0.6 is 0 Å². The minimum Gasteiger partial charge on any atom is -0.481 e. The van der Waals surface area contributed by atoms with Gasteiger partial charge >= 0.3 is 11.9 Å². The summed E-state index contributed by atoms with van der Waals surface area (Å²) in [6, 6.07) is -5.50. The molecule has 0 aliphatic carbocycles. The van der Waals surface area contributed by atoms with Crippen molar-refractivity contribution < 1.29 is 72.9 Å². The van der Waals surface area contributed by atoms with Gasteiger partial charge in [0.25, 0.3) is 0 Å². The van der Waals surface area contributed by atoms with E-state index in [0.717, 1.165) is 11.8 Å². The number of nitrogens with two attached hydrogens (primary N) is 4. The number of aliphatic hydroxyl groups excluding tert-OH is 1. The number of aromatic amines is 1. The van der Waals surface area contributed by atoms with Crippen LogP contribution < -0.4 is 60.2 Å². The number of hydrogen-bond donors (Lipinski definition) is 15. The number of carboxylic acid groups (broad SMARTS) is 2. The maximum Gasteiger partial charge on any atom is 0.326 e. The standard InChI is InChI=1S/C47H70N14O15/c1-23(2)38(45(73)58-28(16-25-10-5-4-6-11-25)39(67)54-27(47(75)76)12-7-8-14-48)60-43(71)33-13-9-15-61(33)46(74)32(17-26-21-52-22-53-26)59-41(69)29(18-34(49)63)55-42(70)31(20-36(65)66)56-40(68)30(19-35(50)64)57-44(72)37(51)24(3)62/h4-6,10-11,21-24,27-33,37-38,62H,7-9,12-20,48,51H2,1-3H3,(H2,49,63)(H2,50,64)(H,52,53)(H,54,67)(H,55,70)(H,56,68)(H,57,72)(H,58,73)(H,59,69)(H,60,71)(H,65,66)(H,75,76)/t24-,27+,28+,29+,30+,31+,32+,33+,37+,38+/m1/s1. The Labute approximate surface area is 436 Å². The van der Waals surface area contributed by atoms with Crippen molar-refractivity contribution in [2.24, 2.45) is 28.9 Å². The van der Waals surface area contributed by atoms with Gasteiger partial charge in [-0.3, -0.25) is 52.7 Å². The second-order valence-electron chi connectivity index (χ2n) is 18.6. The van der Waals surface area contributed by atoms with E-state index in [2.05, 4.69) is 47.2 Å². The molecule has 0 unspecified atom stereocenters. The second kappa shape index (κ2) is 30.4. The fourth-order valence-electron chi connectivity index (χ4n) is 7.96. The first-order valence-corrected chi connectivity index (χ1v) is 24.4. The van der Waals surface area contributed by atoms with Gasteiger partial charge in [-0.05, 0) is 57.1 Å². The number of likely N-dealkylation sites (tertiary alicyclic amines) is 1. The van der Waals surface area contributed by atoms with Crippen molar-refractivity contribution in [3.8, 4) is 0 Å². The van der Waals surface area contributed by atoms with Crippen LogP contribution in [0.4, 0.5) is 0 Å². The third-order valence-electron chi connectivity index (χ3n) is 12.1. The quantitative estimate of drug-likeness (QED) is 0.0304. The molecule has 3 rings (SSSR count). The Morgan fingerprint density at radius 3 is 1.71 bits per heavy atom. The normalized spacial score (nSPS) is 16.7. The number of carbonyl (C=O) groups is 12. The van der Waals surface area contributed by atoms with Crippen molar-refractivity contribution in [3.63, 3.8) is 0 Å². The molecule has 76 heavy (non-hydrogen) atoms. The number of H-pyrrole nitrogens is 1. The number of aromatic nitrogens is 2. The molecule has 0 radical (unpaired) electrons. The molecule has 418 valence electrons. The Bertz CT molecular complexity index is 2370. The monoisotopic (exact) mass is 1070 g/mol. The molecule has 1 fully saturated rings. The molecule has 29 nitrogen and oxygen atoms in total. The molecule has 29 heteroatoms. The van der Waals surface area contributed by atoms with Crippen LogP contribution in [0.1, 0.15) is 83.4 Å². The first-order valence-electron chi connectivity index (χ1n) is 24.4. The minimum atomic E-state index is -2.05. The number of nitrogens with zero attached hydrogens (tertiary/aromatic N) is 2. The molecule has 2 aromatic rings. The number of primary amides is 2. The first kappa shape index (κ1) is 62.2. The number of benzene rings is 1. The van der Waals surface area contributed by atoms with Crippen LogP contribution in [0.5, 0.6) is 0 Å². The van der Waals surface area contributed by atoms with E-state index in [1.807, 2.05) is 0 Å². The predicted octanol–water partition coefficient (Wildman–Crippen LogP) is -5.62. The summed E-state index contributed by atoms with van der Waals surface area (Å²) in [7, 11) is 0. The van der Waals surface area contributed by atoms with Crippen LogP contribution in [0.3, 0.4) is 0 Å². The second-order valence-corrected chi connectivity index (χ2v) is 18.6. The molecule has 19 N–H and O–H groups in total. The highest BCUT2D eigenvalue weighted by atomic mass is 16.4. The van der Waals surface area contributed by atoms with Gasteiger partial charge in [-0.15, -0.1) is 0 Å². The van der Waals surface area contributed by atoms with Gasteiger partial charge in [0, 0.05) is 31.3 Å². The highest BCUT2D eigenvalue weighted by Gasteiger charge is 2.41. The molecule has 1 aliphatic heterocycles. The molecule has 1 aliphatic rings. The van der Waals surface area contributed by atoms with E-state index >= 15 is 0 Å². The van der Waals surface area contributed by atoms with Crippen LogP contribution in [0.2, 0.25) is 0 Å². The van der Waals surface area contributed by atoms with Gasteiger partial charge < -0.3 is 85.4 Å². The van der Waals surface area contributed by atoms with Crippen LogP contribution in [-0.2, 0) is 70.4 Å². The molecule has 10 atom stereocenters. The molecule has 1 aromatic carbocycles. The van der Waals surface area contributed by atoms with E-state index in [1.54, 1.807) is 44.2 Å². The van der Waals surface area contributed by atoms with Gasteiger partial charge in [0.1, 0.15) is 54.4 Å². The lowest BCUT2D eigenvalue weighted by Crippen LogP contribution is -2.61. The summed E-state index contributed by atoms with van der Waals surface area (Å²) in [4.78, 5) is 166. The zero-order valence-corrected chi connectivity index (χ0v) is 42.3. The maximum atomic E-state index is 14.6. The van der Waals surface area contributed by atoms with Crippen molar-refractivity contribution in [2.45, 2.75) is 145 Å². The number of aliphatic carboxylic acids is 2. The van der Waals surface area contributed by atoms with Gasteiger partial charge in [-0.25, -0.2) is 9.78 Å². The fraction of sp³-hybridized carbons (Fsp3) is 0.553. The van der Waals surface area contributed by atoms with Crippen molar-refractivity contribution in [2.75, 3.05) is 13.1 Å². The van der Waals surface area contributed by atoms with Crippen LogP contribution in [0, 0.1) is 5.92 Å². The van der Waals surface area contributed by atoms with Crippen molar-refractivity contribution in [3.05, 3.63) is 54.1 Å². The zero-order valence-electron chi connectivity index (χ0n) is 42.3. The Morgan fingerprint density at radius 1 is 0.684 bits per heavy atom. The lowest BCUT2D eigenvalue weighted by molar-refractivity contribution is -0.143. The molecule has 1 saturated heterocycles. The van der Waals surface area contributed by atoms with Crippen molar-refractivity contribution in [1.29, 1.82) is 0 Å². The number of carboxylic acids is 2. The van der Waals surface area contributed by atoms with Gasteiger partial charge in [-0.1, -0.05) is 44.2 Å². The largest absolute Gasteiger partial charge is 0.481 e. The van der Waals surface area contributed by atoms with E-state index in [4.69, 9.17) is 22.9 Å². The number of aliphatic hydroxyl groups is 1. The van der Waals surface area contributed by atoms with E-state index in [-0.39, 0.29) is 38.6 Å². The predicted molar refractivity (Wildman–Crippen MR) is 266 cm³/mol. The lowest BCUT2D eigenvalue weighted by Gasteiger charge is -2.31. The number of hydrogen-bond acceptors (Lipinski definition) is 16. The van der Waals surface area contributed by atoms with E-state index in [9.17, 15) is 72.9 Å². The van der Waals surface area contributed by atoms with E-state index < -0.39 is 157 Å². The molecule has 0 saturated carbocycles. The number of amides is 10. The summed E-state index contributed by atoms with van der Waals surface area (Å²) < 4.78 is 0. The van der Waals surface area contributed by atoms with Gasteiger partial charge in [0.15, 0.2) is 0 Å². The van der Waals surface area contributed by atoms with Crippen LogP contribution in [0.25, 0.3) is 0 Å². The Hall–Kier alpha value is -8.05. The van der Waals surface area contributed by atoms with Crippen LogP contribution in [0.15, 0.2) is 42.9 Å². The summed E-state index contributed by atoms with van der Waals surface area (Å²) in [6.45, 7) is 4.70. The summed E-state index contributed by atoms with van der Waals surface area (Å²) in [5.74, 6) is -14.1. The Morgan fingerprint density at radius 2 is 1.21 bits per heavy atom. The Balaban J connectivity index is 1.88. The molecule has 1 aromatic heterocycles. The topological polar surface area (TPSA) is 486 Å². The average molecular weight is 1070 g/mol. The molecular formula is C47H70N14O15. The van der Waals surface area contributed by atoms with Gasteiger partial charge in [0.2, 0.25) is 59.1 Å². The zero-order chi connectivity index (χ0) is 56.8. The maximum absolute atomic E-state index is 14.6.